The van der Waals surface area contributed by atoms with Gasteiger partial charge in [-0.3, -0.25) is 4.79 Å². The molecule has 0 heterocycles. The van der Waals surface area contributed by atoms with Crippen LogP contribution in [0.5, 0.6) is 5.75 Å². The number of carbonyl (C=O) groups is 2. The first-order valence-corrected chi connectivity index (χ1v) is 7.18. The Labute approximate surface area is 135 Å². The minimum Gasteiger partial charge on any atom is -0.496 e. The van der Waals surface area contributed by atoms with E-state index in [2.05, 4.69) is 5.32 Å². The van der Waals surface area contributed by atoms with Crippen LogP contribution in [0.3, 0.4) is 0 Å². The van der Waals surface area contributed by atoms with Gasteiger partial charge in [0.05, 0.1) is 12.7 Å². The number of anilines is 1. The summed E-state index contributed by atoms with van der Waals surface area (Å²) in [5.74, 6) is -0.354. The van der Waals surface area contributed by atoms with Gasteiger partial charge in [0, 0.05) is 5.69 Å². The quantitative estimate of drug-likeness (QED) is 0.861. The molecule has 0 atom stereocenters. The molecule has 2 aromatic rings. The van der Waals surface area contributed by atoms with E-state index in [-0.39, 0.29) is 12.5 Å². The molecule has 0 radical (unpaired) electrons. The van der Waals surface area contributed by atoms with Crippen LogP contribution in [0.4, 0.5) is 5.69 Å². The van der Waals surface area contributed by atoms with Gasteiger partial charge in [0.15, 0.2) is 6.61 Å². The van der Waals surface area contributed by atoms with Crippen molar-refractivity contribution in [3.63, 3.8) is 0 Å². The third-order valence-electron chi connectivity index (χ3n) is 3.31. The van der Waals surface area contributed by atoms with Crippen LogP contribution in [0, 0.1) is 13.8 Å². The molecule has 5 heteroatoms. The number of methoxy groups -OCH3 is 1. The smallest absolute Gasteiger partial charge is 0.338 e. The number of carbonyl (C=O) groups excluding carboxylic acids is 2. The normalized spacial score (nSPS) is 10.0. The predicted molar refractivity (Wildman–Crippen MR) is 87.8 cm³/mol. The molecule has 5 nitrogen and oxygen atoms in total. The maximum atomic E-state index is 12.0. The van der Waals surface area contributed by atoms with Crippen molar-refractivity contribution in [3.05, 3.63) is 59.2 Å². The largest absolute Gasteiger partial charge is 0.496 e. The Kier molecular flexibility index (Phi) is 5.36. The van der Waals surface area contributed by atoms with Crippen molar-refractivity contribution in [2.24, 2.45) is 0 Å². The van der Waals surface area contributed by atoms with Crippen LogP contribution in [0.1, 0.15) is 21.5 Å². The van der Waals surface area contributed by atoms with Crippen LogP contribution in [0.2, 0.25) is 0 Å². The lowest BCUT2D eigenvalue weighted by Gasteiger charge is -2.09. The molecule has 0 spiro atoms. The van der Waals surface area contributed by atoms with Crippen molar-refractivity contribution >= 4 is 17.6 Å². The van der Waals surface area contributed by atoms with E-state index < -0.39 is 5.97 Å². The number of rotatable bonds is 5. The first kappa shape index (κ1) is 16.5. The van der Waals surface area contributed by atoms with E-state index in [1.807, 2.05) is 26.0 Å². The molecule has 0 aliphatic heterocycles. The summed E-state index contributed by atoms with van der Waals surface area (Å²) in [6, 6.07) is 12.4. The van der Waals surface area contributed by atoms with Crippen molar-refractivity contribution in [1.82, 2.24) is 0 Å². The van der Waals surface area contributed by atoms with E-state index in [1.54, 1.807) is 30.3 Å². The second kappa shape index (κ2) is 7.45. The van der Waals surface area contributed by atoms with E-state index in [9.17, 15) is 9.59 Å². The zero-order valence-corrected chi connectivity index (χ0v) is 13.4. The van der Waals surface area contributed by atoms with Crippen LogP contribution in [-0.4, -0.2) is 25.6 Å². The monoisotopic (exact) mass is 313 g/mol. The molecular weight excluding hydrogens is 294 g/mol. The summed E-state index contributed by atoms with van der Waals surface area (Å²) in [6.45, 7) is 3.50. The zero-order valence-electron chi connectivity index (χ0n) is 13.4. The fourth-order valence-corrected chi connectivity index (χ4v) is 2.00. The third-order valence-corrected chi connectivity index (χ3v) is 3.31. The van der Waals surface area contributed by atoms with Gasteiger partial charge < -0.3 is 14.8 Å². The Morgan fingerprint density at radius 2 is 1.74 bits per heavy atom. The lowest BCUT2D eigenvalue weighted by atomic mass is 10.1. The van der Waals surface area contributed by atoms with Gasteiger partial charge >= 0.3 is 5.97 Å². The van der Waals surface area contributed by atoms with E-state index >= 15 is 0 Å². The highest BCUT2D eigenvalue weighted by molar-refractivity contribution is 5.95. The molecule has 0 fully saturated rings. The average Bonchev–Trinajstić information content (AvgIpc) is 2.55. The number of nitrogens with one attached hydrogen (secondary N) is 1. The summed E-state index contributed by atoms with van der Waals surface area (Å²) in [6.07, 6.45) is 0. The number of aryl methyl sites for hydroxylation is 2. The average molecular weight is 313 g/mol. The third kappa shape index (κ3) is 4.57. The van der Waals surface area contributed by atoms with Crippen molar-refractivity contribution in [2.75, 3.05) is 19.0 Å². The lowest BCUT2D eigenvalue weighted by molar-refractivity contribution is -0.119. The van der Waals surface area contributed by atoms with Gasteiger partial charge in [-0.05, 0) is 43.7 Å². The molecule has 1 N–H and O–H groups in total. The van der Waals surface area contributed by atoms with Gasteiger partial charge in [-0.15, -0.1) is 0 Å². The number of esters is 1. The Hall–Kier alpha value is -2.82. The topological polar surface area (TPSA) is 64.6 Å². The SMILES string of the molecule is COc1cc(C(=O)OCC(=O)Nc2ccc(C)cc2)ccc1C. The zero-order chi connectivity index (χ0) is 16.8. The van der Waals surface area contributed by atoms with Crippen LogP contribution in [0.15, 0.2) is 42.5 Å². The molecule has 0 aliphatic carbocycles. The summed E-state index contributed by atoms with van der Waals surface area (Å²) >= 11 is 0. The minimum absolute atomic E-state index is 0.343. The van der Waals surface area contributed by atoms with E-state index in [0.29, 0.717) is 17.0 Å². The van der Waals surface area contributed by atoms with Crippen molar-refractivity contribution in [2.45, 2.75) is 13.8 Å². The van der Waals surface area contributed by atoms with Crippen molar-refractivity contribution in [1.29, 1.82) is 0 Å². The maximum absolute atomic E-state index is 12.0. The predicted octanol–water partition coefficient (Wildman–Crippen LogP) is 3.11. The summed E-state index contributed by atoms with van der Waals surface area (Å²) in [5.41, 5.74) is 3.02. The summed E-state index contributed by atoms with van der Waals surface area (Å²) in [4.78, 5) is 23.8. The molecule has 23 heavy (non-hydrogen) atoms. The highest BCUT2D eigenvalue weighted by Crippen LogP contribution is 2.19. The van der Waals surface area contributed by atoms with Gasteiger partial charge in [0.1, 0.15) is 5.75 Å². The Morgan fingerprint density at radius 3 is 2.39 bits per heavy atom. The molecule has 1 amide bonds. The van der Waals surface area contributed by atoms with Crippen LogP contribution in [0.25, 0.3) is 0 Å². The second-order valence-corrected chi connectivity index (χ2v) is 5.17. The molecular formula is C18H19NO4. The molecule has 0 unspecified atom stereocenters. The number of amides is 1. The second-order valence-electron chi connectivity index (χ2n) is 5.17. The Balaban J connectivity index is 1.91. The first-order valence-electron chi connectivity index (χ1n) is 7.18. The molecule has 0 saturated heterocycles. The van der Waals surface area contributed by atoms with Crippen LogP contribution < -0.4 is 10.1 Å². The van der Waals surface area contributed by atoms with E-state index in [0.717, 1.165) is 11.1 Å². The highest BCUT2D eigenvalue weighted by atomic mass is 16.5. The molecule has 0 bridgehead atoms. The fraction of sp³-hybridized carbons (Fsp3) is 0.222. The summed E-state index contributed by atoms with van der Waals surface area (Å²) < 4.78 is 10.2. The molecule has 2 rings (SSSR count). The number of ether oxygens (including phenoxy) is 2. The molecule has 0 aliphatic rings. The highest BCUT2D eigenvalue weighted by Gasteiger charge is 2.12. The van der Waals surface area contributed by atoms with E-state index in [1.165, 1.54) is 7.11 Å². The Morgan fingerprint density at radius 1 is 1.04 bits per heavy atom. The van der Waals surface area contributed by atoms with Gasteiger partial charge in [-0.2, -0.15) is 0 Å². The molecule has 0 aromatic heterocycles. The first-order chi connectivity index (χ1) is 11.0. The van der Waals surface area contributed by atoms with E-state index in [4.69, 9.17) is 9.47 Å². The fourth-order valence-electron chi connectivity index (χ4n) is 2.00. The van der Waals surface area contributed by atoms with Gasteiger partial charge in [0.25, 0.3) is 5.91 Å². The maximum Gasteiger partial charge on any atom is 0.338 e. The minimum atomic E-state index is -0.567. The van der Waals surface area contributed by atoms with Gasteiger partial charge in [0.2, 0.25) is 0 Å². The van der Waals surface area contributed by atoms with Gasteiger partial charge in [-0.25, -0.2) is 4.79 Å². The molecule has 0 saturated carbocycles. The lowest BCUT2D eigenvalue weighted by Crippen LogP contribution is -2.20. The van der Waals surface area contributed by atoms with Gasteiger partial charge in [-0.1, -0.05) is 23.8 Å². The number of benzene rings is 2. The molecule has 120 valence electrons. The standard InChI is InChI=1S/C18H19NO4/c1-12-4-8-15(9-5-12)19-17(20)11-23-18(21)14-7-6-13(2)16(10-14)22-3/h4-10H,11H2,1-3H3,(H,19,20). The van der Waals surface area contributed by atoms with Crippen molar-refractivity contribution < 1.29 is 19.1 Å². The van der Waals surface area contributed by atoms with Crippen LogP contribution in [-0.2, 0) is 9.53 Å². The van der Waals surface area contributed by atoms with Crippen LogP contribution >= 0.6 is 0 Å². The number of hydrogen-bond acceptors (Lipinski definition) is 4. The molecule has 2 aromatic carbocycles. The summed E-state index contributed by atoms with van der Waals surface area (Å²) in [7, 11) is 1.53. The number of hydrogen-bond donors (Lipinski definition) is 1. The Bertz CT molecular complexity index is 707. The van der Waals surface area contributed by atoms with Crippen molar-refractivity contribution in [3.8, 4) is 5.75 Å². The summed E-state index contributed by atoms with van der Waals surface area (Å²) in [5, 5.41) is 2.67.